The van der Waals surface area contributed by atoms with E-state index in [1.54, 1.807) is 7.11 Å². The minimum Gasteiger partial charge on any atom is -0.379 e. The summed E-state index contributed by atoms with van der Waals surface area (Å²) in [6, 6.07) is 9.19. The number of ether oxygens (including phenoxy) is 2. The van der Waals surface area contributed by atoms with Crippen LogP contribution >= 0.6 is 0 Å². The Morgan fingerprint density at radius 3 is 2.52 bits per heavy atom. The third-order valence-corrected chi connectivity index (χ3v) is 4.28. The fourth-order valence-electron chi connectivity index (χ4n) is 2.98. The predicted octanol–water partition coefficient (Wildman–Crippen LogP) is 4.02. The topological polar surface area (TPSA) is 30.5 Å². The summed E-state index contributed by atoms with van der Waals surface area (Å²) in [5, 5.41) is 3.56. The Bertz CT molecular complexity index is 404. The Balaban J connectivity index is 1.81. The first-order chi connectivity index (χ1) is 10.3. The third kappa shape index (κ3) is 4.45. The Kier molecular flexibility index (Phi) is 6.52. The first-order valence-electron chi connectivity index (χ1n) is 8.28. The molecule has 1 aliphatic carbocycles. The van der Waals surface area contributed by atoms with Crippen LogP contribution in [-0.2, 0) is 15.9 Å². The molecule has 3 heteroatoms. The second kappa shape index (κ2) is 8.40. The lowest BCUT2D eigenvalue weighted by molar-refractivity contribution is -0.118. The second-order valence-corrected chi connectivity index (χ2v) is 5.83. The van der Waals surface area contributed by atoms with Crippen molar-refractivity contribution in [1.82, 2.24) is 0 Å². The van der Waals surface area contributed by atoms with Gasteiger partial charge in [-0.15, -0.1) is 0 Å². The van der Waals surface area contributed by atoms with E-state index >= 15 is 0 Å². The standard InChI is InChI=1S/C18H29NO2/c1-4-6-7-8-14-9-11-15(12-10-14)19-16-13-17(21-5-2)18(16)20-3/h9-12,16-19H,4-8,13H2,1-3H3. The summed E-state index contributed by atoms with van der Waals surface area (Å²) in [6.45, 7) is 5.03. The van der Waals surface area contributed by atoms with Gasteiger partial charge in [-0.05, 0) is 43.9 Å². The van der Waals surface area contributed by atoms with E-state index in [2.05, 4.69) is 36.5 Å². The van der Waals surface area contributed by atoms with Crippen LogP contribution in [0.2, 0.25) is 0 Å². The summed E-state index contributed by atoms with van der Waals surface area (Å²) in [7, 11) is 1.77. The van der Waals surface area contributed by atoms with Gasteiger partial charge in [-0.1, -0.05) is 31.9 Å². The van der Waals surface area contributed by atoms with Gasteiger partial charge < -0.3 is 14.8 Å². The molecule has 0 radical (unpaired) electrons. The number of nitrogens with one attached hydrogen (secondary N) is 1. The van der Waals surface area contributed by atoms with Crippen LogP contribution in [0.15, 0.2) is 24.3 Å². The normalized spacial score (nSPS) is 24.6. The summed E-state index contributed by atoms with van der Waals surface area (Å²) >= 11 is 0. The average molecular weight is 291 g/mol. The Labute approximate surface area is 129 Å². The number of methoxy groups -OCH3 is 1. The number of hydrogen-bond donors (Lipinski definition) is 1. The highest BCUT2D eigenvalue weighted by atomic mass is 16.5. The first kappa shape index (κ1) is 16.3. The van der Waals surface area contributed by atoms with Crippen LogP contribution in [0, 0.1) is 0 Å². The number of benzene rings is 1. The first-order valence-corrected chi connectivity index (χ1v) is 8.28. The summed E-state index contributed by atoms with van der Waals surface area (Å²) in [5.41, 5.74) is 2.61. The summed E-state index contributed by atoms with van der Waals surface area (Å²) in [6.07, 6.45) is 6.49. The Morgan fingerprint density at radius 1 is 1.14 bits per heavy atom. The van der Waals surface area contributed by atoms with E-state index in [0.29, 0.717) is 6.04 Å². The number of aryl methyl sites for hydroxylation is 1. The molecule has 1 fully saturated rings. The molecule has 0 aromatic heterocycles. The predicted molar refractivity (Wildman–Crippen MR) is 87.9 cm³/mol. The maximum Gasteiger partial charge on any atom is 0.103 e. The number of hydrogen-bond acceptors (Lipinski definition) is 3. The van der Waals surface area contributed by atoms with Gasteiger partial charge in [0.25, 0.3) is 0 Å². The fraction of sp³-hybridized carbons (Fsp3) is 0.667. The van der Waals surface area contributed by atoms with Crippen LogP contribution in [0.25, 0.3) is 0 Å². The van der Waals surface area contributed by atoms with Crippen molar-refractivity contribution in [3.63, 3.8) is 0 Å². The second-order valence-electron chi connectivity index (χ2n) is 5.83. The van der Waals surface area contributed by atoms with Crippen molar-refractivity contribution in [3.05, 3.63) is 29.8 Å². The van der Waals surface area contributed by atoms with Gasteiger partial charge in [0.05, 0.1) is 12.1 Å². The monoisotopic (exact) mass is 291 g/mol. The smallest absolute Gasteiger partial charge is 0.103 e. The number of anilines is 1. The molecule has 118 valence electrons. The van der Waals surface area contributed by atoms with Crippen LogP contribution in [0.3, 0.4) is 0 Å². The average Bonchev–Trinajstić information content (AvgIpc) is 2.48. The molecule has 1 aliphatic rings. The van der Waals surface area contributed by atoms with Crippen LogP contribution in [0.4, 0.5) is 5.69 Å². The van der Waals surface area contributed by atoms with Crippen molar-refractivity contribution in [2.75, 3.05) is 19.0 Å². The van der Waals surface area contributed by atoms with Gasteiger partial charge in [-0.3, -0.25) is 0 Å². The molecule has 1 aromatic carbocycles. The molecule has 1 N–H and O–H groups in total. The van der Waals surface area contributed by atoms with Crippen LogP contribution < -0.4 is 5.32 Å². The lowest BCUT2D eigenvalue weighted by atomic mass is 9.85. The Hall–Kier alpha value is -1.06. The van der Waals surface area contributed by atoms with Crippen molar-refractivity contribution < 1.29 is 9.47 Å². The van der Waals surface area contributed by atoms with E-state index in [1.165, 1.54) is 36.9 Å². The molecule has 21 heavy (non-hydrogen) atoms. The molecule has 0 spiro atoms. The molecule has 0 heterocycles. The maximum atomic E-state index is 5.66. The fourth-order valence-corrected chi connectivity index (χ4v) is 2.98. The number of unbranched alkanes of at least 4 members (excludes halogenated alkanes) is 2. The minimum atomic E-state index is 0.161. The lowest BCUT2D eigenvalue weighted by Gasteiger charge is -2.43. The SMILES string of the molecule is CCCCCc1ccc(NC2CC(OCC)C2OC)cc1. The highest BCUT2D eigenvalue weighted by Crippen LogP contribution is 2.30. The molecule has 0 amide bonds. The summed E-state index contributed by atoms with van der Waals surface area (Å²) < 4.78 is 11.2. The van der Waals surface area contributed by atoms with Crippen molar-refractivity contribution in [1.29, 1.82) is 0 Å². The quantitative estimate of drug-likeness (QED) is 0.697. The molecule has 3 nitrogen and oxygen atoms in total. The van der Waals surface area contributed by atoms with E-state index in [0.717, 1.165) is 13.0 Å². The zero-order valence-electron chi connectivity index (χ0n) is 13.6. The van der Waals surface area contributed by atoms with E-state index in [-0.39, 0.29) is 12.2 Å². The van der Waals surface area contributed by atoms with Crippen molar-refractivity contribution >= 4 is 5.69 Å². The molecular formula is C18H29NO2. The van der Waals surface area contributed by atoms with Gasteiger partial charge in [-0.25, -0.2) is 0 Å². The van der Waals surface area contributed by atoms with Crippen LogP contribution in [-0.4, -0.2) is 32.0 Å². The zero-order valence-corrected chi connectivity index (χ0v) is 13.6. The van der Waals surface area contributed by atoms with Crippen molar-refractivity contribution in [2.45, 2.75) is 64.2 Å². The molecule has 3 unspecified atom stereocenters. The number of rotatable bonds is 9. The van der Waals surface area contributed by atoms with Gasteiger partial charge >= 0.3 is 0 Å². The highest BCUT2D eigenvalue weighted by Gasteiger charge is 2.42. The molecule has 0 saturated heterocycles. The van der Waals surface area contributed by atoms with Crippen molar-refractivity contribution in [3.8, 4) is 0 Å². The molecule has 0 aliphatic heterocycles. The van der Waals surface area contributed by atoms with E-state index in [9.17, 15) is 0 Å². The van der Waals surface area contributed by atoms with E-state index in [1.807, 2.05) is 6.92 Å². The molecule has 2 rings (SSSR count). The maximum absolute atomic E-state index is 5.66. The van der Waals surface area contributed by atoms with Crippen LogP contribution in [0.5, 0.6) is 0 Å². The summed E-state index contributed by atoms with van der Waals surface area (Å²) in [4.78, 5) is 0. The Morgan fingerprint density at radius 2 is 1.90 bits per heavy atom. The third-order valence-electron chi connectivity index (χ3n) is 4.28. The van der Waals surface area contributed by atoms with Crippen molar-refractivity contribution in [2.24, 2.45) is 0 Å². The zero-order chi connectivity index (χ0) is 15.1. The van der Waals surface area contributed by atoms with E-state index < -0.39 is 0 Å². The van der Waals surface area contributed by atoms with E-state index in [4.69, 9.17) is 9.47 Å². The molecule has 1 saturated carbocycles. The minimum absolute atomic E-state index is 0.161. The molecule has 0 bridgehead atoms. The summed E-state index contributed by atoms with van der Waals surface area (Å²) in [5.74, 6) is 0. The van der Waals surface area contributed by atoms with Gasteiger partial charge in [0, 0.05) is 19.4 Å². The molecule has 3 atom stereocenters. The molecule has 1 aromatic rings. The van der Waals surface area contributed by atoms with Gasteiger partial charge in [0.15, 0.2) is 0 Å². The highest BCUT2D eigenvalue weighted by molar-refractivity contribution is 5.46. The van der Waals surface area contributed by atoms with Gasteiger partial charge in [0.2, 0.25) is 0 Å². The van der Waals surface area contributed by atoms with Gasteiger partial charge in [-0.2, -0.15) is 0 Å². The molecular weight excluding hydrogens is 262 g/mol. The largest absolute Gasteiger partial charge is 0.379 e. The van der Waals surface area contributed by atoms with Gasteiger partial charge in [0.1, 0.15) is 6.10 Å². The van der Waals surface area contributed by atoms with Crippen LogP contribution in [0.1, 0.15) is 45.1 Å². The lowest BCUT2D eigenvalue weighted by Crippen LogP contribution is -2.56.